The summed E-state index contributed by atoms with van der Waals surface area (Å²) in [5, 5.41) is 8.56. The van der Waals surface area contributed by atoms with E-state index in [1.54, 1.807) is 16.6 Å². The van der Waals surface area contributed by atoms with Gasteiger partial charge in [0.1, 0.15) is 0 Å². The highest BCUT2D eigenvalue weighted by atomic mass is 16.2. The quantitative estimate of drug-likeness (QED) is 0.878. The zero-order valence-electron chi connectivity index (χ0n) is 12.5. The summed E-state index contributed by atoms with van der Waals surface area (Å²) in [6.45, 7) is 5.62. The molecule has 20 heavy (non-hydrogen) atoms. The first-order valence-corrected chi connectivity index (χ1v) is 6.75. The third kappa shape index (κ3) is 2.96. The minimum absolute atomic E-state index is 0.0964. The summed E-state index contributed by atoms with van der Waals surface area (Å²) in [5.41, 5.74) is 2.91. The van der Waals surface area contributed by atoms with Crippen LogP contribution in [-0.4, -0.2) is 45.7 Å². The number of aryl methyl sites for hydroxylation is 2. The van der Waals surface area contributed by atoms with Gasteiger partial charge in [-0.15, -0.1) is 0 Å². The zero-order chi connectivity index (χ0) is 14.7. The van der Waals surface area contributed by atoms with Crippen LogP contribution in [0.4, 0.5) is 0 Å². The Morgan fingerprint density at radius 3 is 2.95 bits per heavy atom. The number of amides is 1. The van der Waals surface area contributed by atoms with Crippen LogP contribution in [0, 0.1) is 6.92 Å². The maximum atomic E-state index is 11.7. The van der Waals surface area contributed by atoms with E-state index in [4.69, 9.17) is 0 Å². The highest BCUT2D eigenvalue weighted by molar-refractivity contribution is 5.79. The van der Waals surface area contributed by atoms with Gasteiger partial charge in [0.05, 0.1) is 12.2 Å². The lowest BCUT2D eigenvalue weighted by Crippen LogP contribution is -2.35. The molecule has 6 nitrogen and oxygen atoms in total. The molecule has 1 amide bonds. The van der Waals surface area contributed by atoms with Crippen LogP contribution in [-0.2, 0) is 18.4 Å². The largest absolute Gasteiger partial charge is 0.345 e. The zero-order valence-corrected chi connectivity index (χ0v) is 12.5. The Morgan fingerprint density at radius 1 is 1.50 bits per heavy atom. The standard InChI is InChI=1S/C14H21N5O/c1-5-18(3)13(20)9-15-7-11-6-12-10(2)17-19(4)14(12)16-8-11/h6,8,15H,5,7,9H2,1-4H3. The molecule has 0 fully saturated rings. The highest BCUT2D eigenvalue weighted by Crippen LogP contribution is 2.16. The number of hydrogen-bond donors (Lipinski definition) is 1. The second-order valence-corrected chi connectivity index (χ2v) is 4.94. The van der Waals surface area contributed by atoms with Crippen molar-refractivity contribution in [3.05, 3.63) is 23.5 Å². The van der Waals surface area contributed by atoms with Crippen molar-refractivity contribution in [1.82, 2.24) is 25.0 Å². The topological polar surface area (TPSA) is 63.1 Å². The summed E-state index contributed by atoms with van der Waals surface area (Å²) in [6, 6.07) is 2.08. The molecule has 0 unspecified atom stereocenters. The maximum Gasteiger partial charge on any atom is 0.236 e. The van der Waals surface area contributed by atoms with Crippen LogP contribution in [0.5, 0.6) is 0 Å². The molecule has 0 aromatic carbocycles. The van der Waals surface area contributed by atoms with Gasteiger partial charge in [0.15, 0.2) is 5.65 Å². The van der Waals surface area contributed by atoms with E-state index in [1.165, 1.54) is 0 Å². The molecule has 0 aliphatic heterocycles. The lowest BCUT2D eigenvalue weighted by Gasteiger charge is -2.14. The third-order valence-corrected chi connectivity index (χ3v) is 3.43. The molecule has 0 saturated heterocycles. The van der Waals surface area contributed by atoms with Crippen LogP contribution >= 0.6 is 0 Å². The number of nitrogens with one attached hydrogen (secondary N) is 1. The number of hydrogen-bond acceptors (Lipinski definition) is 4. The van der Waals surface area contributed by atoms with Crippen LogP contribution < -0.4 is 5.32 Å². The van der Waals surface area contributed by atoms with Crippen molar-refractivity contribution in [2.24, 2.45) is 7.05 Å². The summed E-state index contributed by atoms with van der Waals surface area (Å²) in [4.78, 5) is 17.8. The first kappa shape index (κ1) is 14.5. The van der Waals surface area contributed by atoms with E-state index in [-0.39, 0.29) is 5.91 Å². The number of carbonyl (C=O) groups excluding carboxylic acids is 1. The van der Waals surface area contributed by atoms with Gasteiger partial charge in [0, 0.05) is 38.8 Å². The summed E-state index contributed by atoms with van der Waals surface area (Å²) >= 11 is 0. The number of pyridine rings is 1. The molecular formula is C14H21N5O. The molecule has 0 aliphatic rings. The predicted molar refractivity (Wildman–Crippen MR) is 78.3 cm³/mol. The molecule has 0 aliphatic carbocycles. The van der Waals surface area contributed by atoms with E-state index in [0.29, 0.717) is 13.1 Å². The Bertz CT molecular complexity index is 619. The fourth-order valence-corrected chi connectivity index (χ4v) is 2.07. The lowest BCUT2D eigenvalue weighted by molar-refractivity contribution is -0.128. The number of aromatic nitrogens is 3. The van der Waals surface area contributed by atoms with Gasteiger partial charge in [-0.2, -0.15) is 5.10 Å². The average Bonchev–Trinajstić information content (AvgIpc) is 2.72. The molecule has 0 atom stereocenters. The fourth-order valence-electron chi connectivity index (χ4n) is 2.07. The van der Waals surface area contributed by atoms with Crippen LogP contribution in [0.15, 0.2) is 12.3 Å². The molecule has 0 bridgehead atoms. The van der Waals surface area contributed by atoms with E-state index in [9.17, 15) is 4.79 Å². The number of rotatable bonds is 5. The normalized spacial score (nSPS) is 11.0. The van der Waals surface area contributed by atoms with Crippen LogP contribution in [0.2, 0.25) is 0 Å². The smallest absolute Gasteiger partial charge is 0.236 e. The van der Waals surface area contributed by atoms with Crippen molar-refractivity contribution in [2.75, 3.05) is 20.1 Å². The number of fused-ring (bicyclic) bond motifs is 1. The van der Waals surface area contributed by atoms with Crippen LogP contribution in [0.1, 0.15) is 18.2 Å². The molecule has 6 heteroatoms. The molecule has 0 radical (unpaired) electrons. The molecule has 0 saturated carbocycles. The first-order valence-electron chi connectivity index (χ1n) is 6.75. The SMILES string of the molecule is CCN(C)C(=O)CNCc1cnc2c(c1)c(C)nn2C. The monoisotopic (exact) mass is 275 g/mol. The molecular weight excluding hydrogens is 254 g/mol. The van der Waals surface area contributed by atoms with Gasteiger partial charge < -0.3 is 10.2 Å². The maximum absolute atomic E-state index is 11.7. The van der Waals surface area contributed by atoms with Crippen LogP contribution in [0.3, 0.4) is 0 Å². The van der Waals surface area contributed by atoms with E-state index < -0.39 is 0 Å². The Hall–Kier alpha value is -1.95. The Kier molecular flexibility index (Phi) is 4.34. The lowest BCUT2D eigenvalue weighted by atomic mass is 10.2. The van der Waals surface area contributed by atoms with Gasteiger partial charge in [-0.3, -0.25) is 9.48 Å². The van der Waals surface area contributed by atoms with Gasteiger partial charge in [-0.05, 0) is 25.5 Å². The van der Waals surface area contributed by atoms with E-state index >= 15 is 0 Å². The molecule has 0 spiro atoms. The van der Waals surface area contributed by atoms with E-state index in [0.717, 1.165) is 28.8 Å². The van der Waals surface area contributed by atoms with Gasteiger partial charge in [-0.1, -0.05) is 0 Å². The van der Waals surface area contributed by atoms with Gasteiger partial charge in [0.25, 0.3) is 0 Å². The Morgan fingerprint density at radius 2 is 2.25 bits per heavy atom. The fraction of sp³-hybridized carbons (Fsp3) is 0.500. The van der Waals surface area contributed by atoms with Gasteiger partial charge in [0.2, 0.25) is 5.91 Å². The minimum atomic E-state index is 0.0964. The molecule has 2 rings (SSSR count). The first-order chi connectivity index (χ1) is 9.52. The molecule has 2 heterocycles. The Labute approximate surface area is 118 Å². The molecule has 2 aromatic heterocycles. The highest BCUT2D eigenvalue weighted by Gasteiger charge is 2.08. The van der Waals surface area contributed by atoms with Crippen molar-refractivity contribution in [2.45, 2.75) is 20.4 Å². The summed E-state index contributed by atoms with van der Waals surface area (Å²) in [6.07, 6.45) is 1.82. The van der Waals surface area contributed by atoms with Crippen molar-refractivity contribution in [1.29, 1.82) is 0 Å². The number of carbonyl (C=O) groups is 1. The van der Waals surface area contributed by atoms with Crippen molar-refractivity contribution in [3.8, 4) is 0 Å². The molecule has 2 aromatic rings. The second kappa shape index (κ2) is 6.00. The molecule has 108 valence electrons. The second-order valence-electron chi connectivity index (χ2n) is 4.94. The van der Waals surface area contributed by atoms with Crippen LogP contribution in [0.25, 0.3) is 11.0 Å². The van der Waals surface area contributed by atoms with Crippen molar-refractivity contribution < 1.29 is 4.79 Å². The molecule has 1 N–H and O–H groups in total. The Balaban J connectivity index is 2.00. The minimum Gasteiger partial charge on any atom is -0.345 e. The van der Waals surface area contributed by atoms with Gasteiger partial charge in [-0.25, -0.2) is 4.98 Å². The summed E-state index contributed by atoms with van der Waals surface area (Å²) < 4.78 is 1.78. The predicted octanol–water partition coefficient (Wildman–Crippen LogP) is 0.845. The van der Waals surface area contributed by atoms with E-state index in [1.807, 2.05) is 27.1 Å². The number of likely N-dealkylation sites (N-methyl/N-ethyl adjacent to an activating group) is 1. The van der Waals surface area contributed by atoms with Crippen molar-refractivity contribution >= 4 is 16.9 Å². The van der Waals surface area contributed by atoms with Crippen molar-refractivity contribution in [3.63, 3.8) is 0 Å². The average molecular weight is 275 g/mol. The third-order valence-electron chi connectivity index (χ3n) is 3.43. The summed E-state index contributed by atoms with van der Waals surface area (Å²) in [5.74, 6) is 0.0964. The van der Waals surface area contributed by atoms with Gasteiger partial charge >= 0.3 is 0 Å². The number of nitrogens with zero attached hydrogens (tertiary/aromatic N) is 4. The summed E-state index contributed by atoms with van der Waals surface area (Å²) in [7, 11) is 3.69. The van der Waals surface area contributed by atoms with E-state index in [2.05, 4.69) is 21.5 Å².